The number of pyridine rings is 1. The number of nitrogens with zero attached hydrogens (tertiary/aromatic N) is 1. The number of aryl methyl sites for hydroxylation is 2. The van der Waals surface area contributed by atoms with Gasteiger partial charge in [0.15, 0.2) is 5.69 Å². The van der Waals surface area contributed by atoms with E-state index in [-0.39, 0.29) is 5.69 Å². The molecule has 0 aliphatic rings. The topological polar surface area (TPSA) is 91.3 Å². The molecule has 1 aromatic heterocycles. The average Bonchev–Trinajstić information content (AvgIpc) is 2.52. The highest BCUT2D eigenvalue weighted by molar-refractivity contribution is 6.36. The Morgan fingerprint density at radius 1 is 1.12 bits per heavy atom. The van der Waals surface area contributed by atoms with Gasteiger partial charge in [0.25, 0.3) is 5.91 Å². The van der Waals surface area contributed by atoms with Crippen molar-refractivity contribution < 1.29 is 14.7 Å². The Hall–Kier alpha value is -2.31. The molecule has 2 rings (SSSR count). The fraction of sp³-hybridized carbons (Fsp3) is 0.278. The van der Waals surface area contributed by atoms with E-state index < -0.39 is 17.4 Å². The van der Waals surface area contributed by atoms with Crippen LogP contribution in [0.5, 0.6) is 0 Å². The number of carbonyl (C=O) groups excluding carboxylic acids is 1. The Morgan fingerprint density at radius 2 is 1.77 bits per heavy atom. The third kappa shape index (κ3) is 4.45. The van der Waals surface area contributed by atoms with Gasteiger partial charge in [-0.2, -0.15) is 0 Å². The van der Waals surface area contributed by atoms with Crippen LogP contribution in [0.25, 0.3) is 0 Å². The van der Waals surface area contributed by atoms with Gasteiger partial charge in [0, 0.05) is 10.7 Å². The number of carboxylic acid groups (broad SMARTS) is 1. The average molecular weight is 396 g/mol. The van der Waals surface area contributed by atoms with Gasteiger partial charge in [-0.15, -0.1) is 0 Å². The van der Waals surface area contributed by atoms with Crippen LogP contribution >= 0.6 is 23.2 Å². The number of carbonyl (C=O) groups is 2. The monoisotopic (exact) mass is 395 g/mol. The van der Waals surface area contributed by atoms with Crippen molar-refractivity contribution >= 4 is 46.5 Å². The van der Waals surface area contributed by atoms with Crippen LogP contribution in [0.2, 0.25) is 10.0 Å². The molecule has 0 spiro atoms. The second kappa shape index (κ2) is 7.51. The standard InChI is InChI=1S/C18H19Cl2N3O3/c1-9-7-14(22-13-6-5-11(19)8-12(13)20)15(21-10(9)2)16(24)23-18(3,4)17(25)26/h5-8,22H,1-4H3,(H,23,24)(H,25,26). The first-order chi connectivity index (χ1) is 12.0. The van der Waals surface area contributed by atoms with Gasteiger partial charge in [-0.05, 0) is 57.5 Å². The number of amides is 1. The fourth-order valence-corrected chi connectivity index (χ4v) is 2.56. The van der Waals surface area contributed by atoms with Crippen molar-refractivity contribution in [1.29, 1.82) is 0 Å². The summed E-state index contributed by atoms with van der Waals surface area (Å²) < 4.78 is 0. The zero-order valence-corrected chi connectivity index (χ0v) is 16.3. The summed E-state index contributed by atoms with van der Waals surface area (Å²) in [5.41, 5.74) is 1.13. The van der Waals surface area contributed by atoms with E-state index in [9.17, 15) is 14.7 Å². The van der Waals surface area contributed by atoms with Crippen LogP contribution in [-0.2, 0) is 4.79 Å². The Labute approximate surface area is 161 Å². The molecule has 1 heterocycles. The molecule has 0 radical (unpaired) electrons. The lowest BCUT2D eigenvalue weighted by Gasteiger charge is -2.22. The number of carboxylic acids is 1. The number of aliphatic carboxylic acids is 1. The summed E-state index contributed by atoms with van der Waals surface area (Å²) in [4.78, 5) is 28.3. The molecule has 138 valence electrons. The maximum absolute atomic E-state index is 12.6. The number of hydrogen-bond donors (Lipinski definition) is 3. The summed E-state index contributed by atoms with van der Waals surface area (Å²) in [6, 6.07) is 6.68. The molecule has 1 amide bonds. The molecule has 0 aliphatic carbocycles. The van der Waals surface area contributed by atoms with E-state index in [4.69, 9.17) is 23.2 Å². The van der Waals surface area contributed by atoms with Crippen molar-refractivity contribution in [1.82, 2.24) is 10.3 Å². The van der Waals surface area contributed by atoms with Gasteiger partial charge in [-0.3, -0.25) is 4.79 Å². The van der Waals surface area contributed by atoms with Crippen LogP contribution in [0.3, 0.4) is 0 Å². The van der Waals surface area contributed by atoms with Gasteiger partial charge < -0.3 is 15.7 Å². The van der Waals surface area contributed by atoms with E-state index in [2.05, 4.69) is 15.6 Å². The number of nitrogens with one attached hydrogen (secondary N) is 2. The zero-order valence-electron chi connectivity index (χ0n) is 14.8. The maximum Gasteiger partial charge on any atom is 0.328 e. The molecule has 0 saturated carbocycles. The van der Waals surface area contributed by atoms with Gasteiger partial charge in [0.2, 0.25) is 0 Å². The molecule has 2 aromatic rings. The lowest BCUT2D eigenvalue weighted by molar-refractivity contribution is -0.143. The van der Waals surface area contributed by atoms with Crippen molar-refractivity contribution in [3.05, 3.63) is 51.3 Å². The third-order valence-corrected chi connectivity index (χ3v) is 4.39. The maximum atomic E-state index is 12.6. The van der Waals surface area contributed by atoms with Gasteiger partial charge in [0.05, 0.1) is 16.4 Å². The summed E-state index contributed by atoms with van der Waals surface area (Å²) in [5.74, 6) is -1.75. The quantitative estimate of drug-likeness (QED) is 0.699. The van der Waals surface area contributed by atoms with Gasteiger partial charge in [0.1, 0.15) is 5.54 Å². The molecule has 26 heavy (non-hydrogen) atoms. The molecular formula is C18H19Cl2N3O3. The number of halogens is 2. The lowest BCUT2D eigenvalue weighted by Crippen LogP contribution is -2.50. The number of hydrogen-bond acceptors (Lipinski definition) is 4. The molecule has 0 bridgehead atoms. The van der Waals surface area contributed by atoms with Crippen LogP contribution in [0, 0.1) is 13.8 Å². The van der Waals surface area contributed by atoms with Crippen molar-refractivity contribution in [3.8, 4) is 0 Å². The fourth-order valence-electron chi connectivity index (χ4n) is 2.11. The molecule has 3 N–H and O–H groups in total. The SMILES string of the molecule is Cc1cc(Nc2ccc(Cl)cc2Cl)c(C(=O)NC(C)(C)C(=O)O)nc1C. The number of anilines is 2. The summed E-state index contributed by atoms with van der Waals surface area (Å²) in [5, 5.41) is 15.6. The molecule has 0 unspecified atom stereocenters. The molecule has 0 atom stereocenters. The summed E-state index contributed by atoms with van der Waals surface area (Å²) in [7, 11) is 0. The van der Waals surface area contributed by atoms with Gasteiger partial charge >= 0.3 is 5.97 Å². The Kier molecular flexibility index (Phi) is 5.78. The first-order valence-corrected chi connectivity index (χ1v) is 8.53. The largest absolute Gasteiger partial charge is 0.480 e. The lowest BCUT2D eigenvalue weighted by atomic mass is 10.1. The van der Waals surface area contributed by atoms with Crippen LogP contribution in [0.1, 0.15) is 35.6 Å². The minimum absolute atomic E-state index is 0.0773. The van der Waals surface area contributed by atoms with E-state index in [1.165, 1.54) is 13.8 Å². The Bertz CT molecular complexity index is 882. The molecule has 0 saturated heterocycles. The molecule has 6 nitrogen and oxygen atoms in total. The third-order valence-electron chi connectivity index (χ3n) is 3.84. The number of rotatable bonds is 5. The zero-order chi connectivity index (χ0) is 19.6. The number of benzene rings is 1. The summed E-state index contributed by atoms with van der Waals surface area (Å²) >= 11 is 12.1. The summed E-state index contributed by atoms with van der Waals surface area (Å²) in [6.07, 6.45) is 0. The minimum atomic E-state index is -1.44. The number of aromatic nitrogens is 1. The highest BCUT2D eigenvalue weighted by atomic mass is 35.5. The second-order valence-electron chi connectivity index (χ2n) is 6.42. The Morgan fingerprint density at radius 3 is 2.35 bits per heavy atom. The highest BCUT2D eigenvalue weighted by Gasteiger charge is 2.31. The van der Waals surface area contributed by atoms with Crippen molar-refractivity contribution in [2.75, 3.05) is 5.32 Å². The van der Waals surface area contributed by atoms with Gasteiger partial charge in [-0.25, -0.2) is 9.78 Å². The Balaban J connectivity index is 2.44. The van der Waals surface area contributed by atoms with E-state index >= 15 is 0 Å². The van der Waals surface area contributed by atoms with Crippen LogP contribution in [0.15, 0.2) is 24.3 Å². The van der Waals surface area contributed by atoms with Crippen molar-refractivity contribution in [2.45, 2.75) is 33.2 Å². The van der Waals surface area contributed by atoms with Crippen LogP contribution < -0.4 is 10.6 Å². The summed E-state index contributed by atoms with van der Waals surface area (Å²) in [6.45, 7) is 6.43. The van der Waals surface area contributed by atoms with Crippen LogP contribution in [-0.4, -0.2) is 27.5 Å². The minimum Gasteiger partial charge on any atom is -0.480 e. The molecule has 1 aromatic carbocycles. The normalized spacial score (nSPS) is 11.2. The smallest absolute Gasteiger partial charge is 0.328 e. The van der Waals surface area contributed by atoms with Crippen LogP contribution in [0.4, 0.5) is 11.4 Å². The molecular weight excluding hydrogens is 377 g/mol. The predicted molar refractivity (Wildman–Crippen MR) is 103 cm³/mol. The van der Waals surface area contributed by atoms with Crippen molar-refractivity contribution in [3.63, 3.8) is 0 Å². The van der Waals surface area contributed by atoms with E-state index in [1.807, 2.05) is 6.92 Å². The van der Waals surface area contributed by atoms with E-state index in [1.54, 1.807) is 31.2 Å². The highest BCUT2D eigenvalue weighted by Crippen LogP contribution is 2.30. The van der Waals surface area contributed by atoms with Gasteiger partial charge in [-0.1, -0.05) is 23.2 Å². The van der Waals surface area contributed by atoms with Crippen molar-refractivity contribution in [2.24, 2.45) is 0 Å². The first kappa shape index (κ1) is 20.0. The molecule has 0 aliphatic heterocycles. The van der Waals surface area contributed by atoms with E-state index in [0.717, 1.165) is 5.56 Å². The van der Waals surface area contributed by atoms with E-state index in [0.29, 0.717) is 27.1 Å². The second-order valence-corrected chi connectivity index (χ2v) is 7.26. The molecule has 8 heteroatoms. The predicted octanol–water partition coefficient (Wildman–Crippen LogP) is 4.34. The molecule has 0 fully saturated rings. The first-order valence-electron chi connectivity index (χ1n) is 7.77.